The van der Waals surface area contributed by atoms with E-state index >= 15 is 0 Å². The molecule has 29 heavy (non-hydrogen) atoms. The van der Waals surface area contributed by atoms with Crippen molar-refractivity contribution in [3.8, 4) is 5.82 Å². The predicted octanol–water partition coefficient (Wildman–Crippen LogP) is -0.353. The Hall–Kier alpha value is -3.63. The number of hydrogen-bond donors (Lipinski definition) is 1. The lowest BCUT2D eigenvalue weighted by atomic mass is 9.97. The topological polar surface area (TPSA) is 124 Å². The highest BCUT2D eigenvalue weighted by Gasteiger charge is 2.26. The quantitative estimate of drug-likeness (QED) is 0.600. The number of carbonyl (C=O) groups is 1. The first-order valence-corrected chi connectivity index (χ1v) is 9.44. The van der Waals surface area contributed by atoms with E-state index in [1.807, 2.05) is 12.1 Å². The number of aromatic nitrogens is 7. The molecule has 150 valence electrons. The van der Waals surface area contributed by atoms with Crippen molar-refractivity contribution in [2.24, 2.45) is 5.92 Å². The van der Waals surface area contributed by atoms with E-state index in [0.29, 0.717) is 25.5 Å². The second-order valence-electron chi connectivity index (χ2n) is 6.75. The molecule has 0 saturated carbocycles. The Morgan fingerprint density at radius 3 is 2.79 bits per heavy atom. The van der Waals surface area contributed by atoms with E-state index in [1.54, 1.807) is 18.6 Å². The molecule has 1 aliphatic rings. The third-order valence-electron chi connectivity index (χ3n) is 4.81. The van der Waals surface area contributed by atoms with Gasteiger partial charge in [-0.3, -0.25) is 9.59 Å². The van der Waals surface area contributed by atoms with Crippen molar-refractivity contribution in [1.82, 2.24) is 40.1 Å². The van der Waals surface area contributed by atoms with E-state index in [0.717, 1.165) is 25.2 Å². The lowest BCUT2D eigenvalue weighted by Crippen LogP contribution is -2.44. The molecule has 0 aromatic carbocycles. The van der Waals surface area contributed by atoms with Gasteiger partial charge in [-0.25, -0.2) is 14.3 Å². The number of piperidine rings is 1. The number of carbonyl (C=O) groups excluding carboxylic acids is 1. The third-order valence-corrected chi connectivity index (χ3v) is 4.81. The van der Waals surface area contributed by atoms with Crippen LogP contribution in [0, 0.1) is 5.92 Å². The van der Waals surface area contributed by atoms with Crippen molar-refractivity contribution in [3.05, 3.63) is 53.5 Å². The highest BCUT2D eigenvalue weighted by Crippen LogP contribution is 2.21. The summed E-state index contributed by atoms with van der Waals surface area (Å²) < 4.78 is 2.87. The van der Waals surface area contributed by atoms with E-state index in [-0.39, 0.29) is 17.4 Å². The van der Waals surface area contributed by atoms with Crippen LogP contribution < -0.4 is 15.8 Å². The summed E-state index contributed by atoms with van der Waals surface area (Å²) in [6, 6.07) is 6.74. The Bertz CT molecular complexity index is 1000. The fraction of sp³-hybridized carbons (Fsp3) is 0.389. The molecule has 4 rings (SSSR count). The van der Waals surface area contributed by atoms with Gasteiger partial charge in [-0.05, 0) is 31.0 Å². The van der Waals surface area contributed by atoms with Crippen LogP contribution in [0.25, 0.3) is 5.82 Å². The molecule has 0 radical (unpaired) electrons. The van der Waals surface area contributed by atoms with E-state index < -0.39 is 0 Å². The molecular formula is C18H21N9O2. The van der Waals surface area contributed by atoms with Gasteiger partial charge in [-0.15, -0.1) is 10.2 Å². The van der Waals surface area contributed by atoms with Crippen LogP contribution in [-0.2, 0) is 11.3 Å². The summed E-state index contributed by atoms with van der Waals surface area (Å²) in [6.45, 7) is 2.10. The van der Waals surface area contributed by atoms with Crippen molar-refractivity contribution in [3.63, 3.8) is 0 Å². The van der Waals surface area contributed by atoms with Crippen molar-refractivity contribution in [2.45, 2.75) is 19.4 Å². The minimum Gasteiger partial charge on any atom is -0.354 e. The maximum absolute atomic E-state index is 12.6. The van der Waals surface area contributed by atoms with Crippen molar-refractivity contribution in [1.29, 1.82) is 0 Å². The summed E-state index contributed by atoms with van der Waals surface area (Å²) in [5, 5.41) is 19.4. The Kier molecular flexibility index (Phi) is 5.54. The van der Waals surface area contributed by atoms with Gasteiger partial charge in [0, 0.05) is 31.9 Å². The van der Waals surface area contributed by atoms with Gasteiger partial charge in [0.2, 0.25) is 5.91 Å². The summed E-state index contributed by atoms with van der Waals surface area (Å²) in [6.07, 6.45) is 6.26. The molecule has 3 aromatic rings. The summed E-state index contributed by atoms with van der Waals surface area (Å²) in [4.78, 5) is 30.2. The molecule has 1 saturated heterocycles. The van der Waals surface area contributed by atoms with Gasteiger partial charge in [0.05, 0.1) is 12.5 Å². The van der Waals surface area contributed by atoms with Gasteiger partial charge < -0.3 is 10.2 Å². The van der Waals surface area contributed by atoms with Crippen molar-refractivity contribution < 1.29 is 4.79 Å². The summed E-state index contributed by atoms with van der Waals surface area (Å²) >= 11 is 0. The SMILES string of the molecule is O=C(NCCn1ncccc1=O)C1CCCN(c2ccc(-n3cncn3)nn2)C1. The van der Waals surface area contributed by atoms with Crippen molar-refractivity contribution in [2.75, 3.05) is 24.5 Å². The van der Waals surface area contributed by atoms with Gasteiger partial charge in [0.1, 0.15) is 12.7 Å². The summed E-state index contributed by atoms with van der Waals surface area (Å²) in [7, 11) is 0. The van der Waals surface area contributed by atoms with Crippen LogP contribution in [0.4, 0.5) is 5.82 Å². The zero-order valence-corrected chi connectivity index (χ0v) is 15.8. The van der Waals surface area contributed by atoms with E-state index in [4.69, 9.17) is 0 Å². The number of hydrogen-bond acceptors (Lipinski definition) is 8. The predicted molar refractivity (Wildman–Crippen MR) is 103 cm³/mol. The van der Waals surface area contributed by atoms with Gasteiger partial charge >= 0.3 is 0 Å². The standard InChI is InChI=1S/C18H21N9O2/c28-17-4-1-7-21-26(17)10-8-20-18(29)14-3-2-9-25(11-14)15-5-6-16(24-23-15)27-13-19-12-22-27/h1,4-7,12-14H,2-3,8-11H2,(H,20,29). The lowest BCUT2D eigenvalue weighted by molar-refractivity contribution is -0.125. The first-order chi connectivity index (χ1) is 14.2. The zero-order valence-electron chi connectivity index (χ0n) is 15.8. The number of nitrogens with zero attached hydrogens (tertiary/aromatic N) is 8. The monoisotopic (exact) mass is 395 g/mol. The Balaban J connectivity index is 1.32. The molecular weight excluding hydrogens is 374 g/mol. The minimum atomic E-state index is -0.182. The van der Waals surface area contributed by atoms with Crippen LogP contribution in [0.15, 0.2) is 47.9 Å². The molecule has 11 nitrogen and oxygen atoms in total. The summed E-state index contributed by atoms with van der Waals surface area (Å²) in [5.41, 5.74) is -0.182. The maximum Gasteiger partial charge on any atom is 0.266 e. The molecule has 4 heterocycles. The highest BCUT2D eigenvalue weighted by atomic mass is 16.2. The number of rotatable bonds is 6. The Morgan fingerprint density at radius 2 is 2.03 bits per heavy atom. The number of amides is 1. The van der Waals surface area contributed by atoms with Crippen molar-refractivity contribution >= 4 is 11.7 Å². The number of nitrogens with one attached hydrogen (secondary N) is 1. The molecule has 1 aliphatic heterocycles. The van der Waals surface area contributed by atoms with E-state index in [1.165, 1.54) is 21.8 Å². The average Bonchev–Trinajstić information content (AvgIpc) is 3.30. The van der Waals surface area contributed by atoms with Crippen LogP contribution in [0.2, 0.25) is 0 Å². The molecule has 0 bridgehead atoms. The summed E-state index contributed by atoms with van der Waals surface area (Å²) in [5.74, 6) is 1.15. The molecule has 1 fully saturated rings. The Labute approximate surface area is 166 Å². The largest absolute Gasteiger partial charge is 0.354 e. The lowest BCUT2D eigenvalue weighted by Gasteiger charge is -2.32. The molecule has 0 aliphatic carbocycles. The van der Waals surface area contributed by atoms with Crippen LogP contribution in [0.1, 0.15) is 12.8 Å². The Morgan fingerprint density at radius 1 is 1.17 bits per heavy atom. The first-order valence-electron chi connectivity index (χ1n) is 9.44. The van der Waals surface area contributed by atoms with Crippen LogP contribution in [0.5, 0.6) is 0 Å². The maximum atomic E-state index is 12.6. The molecule has 1 amide bonds. The fourth-order valence-electron chi connectivity index (χ4n) is 3.32. The normalized spacial score (nSPS) is 16.6. The van der Waals surface area contributed by atoms with Gasteiger partial charge in [0.15, 0.2) is 11.6 Å². The van der Waals surface area contributed by atoms with E-state index in [9.17, 15) is 9.59 Å². The molecule has 11 heteroatoms. The van der Waals surface area contributed by atoms with Gasteiger partial charge in [0.25, 0.3) is 5.56 Å². The van der Waals surface area contributed by atoms with E-state index in [2.05, 4.69) is 35.6 Å². The molecule has 0 spiro atoms. The molecule has 1 atom stereocenters. The zero-order chi connectivity index (χ0) is 20.1. The van der Waals surface area contributed by atoms with Crippen LogP contribution in [-0.4, -0.2) is 60.3 Å². The third kappa shape index (κ3) is 4.45. The highest BCUT2D eigenvalue weighted by molar-refractivity contribution is 5.79. The van der Waals surface area contributed by atoms with Gasteiger partial charge in [-0.1, -0.05) is 0 Å². The van der Waals surface area contributed by atoms with Crippen LogP contribution >= 0.6 is 0 Å². The van der Waals surface area contributed by atoms with Crippen LogP contribution in [0.3, 0.4) is 0 Å². The second kappa shape index (κ2) is 8.59. The molecule has 3 aromatic heterocycles. The fourth-order valence-corrected chi connectivity index (χ4v) is 3.32. The molecule has 1 unspecified atom stereocenters. The molecule has 1 N–H and O–H groups in total. The second-order valence-corrected chi connectivity index (χ2v) is 6.75. The minimum absolute atomic E-state index is 0.0223. The smallest absolute Gasteiger partial charge is 0.266 e. The first kappa shape index (κ1) is 18.7. The van der Waals surface area contributed by atoms with Gasteiger partial charge in [-0.2, -0.15) is 10.2 Å². The average molecular weight is 395 g/mol. The number of anilines is 1.